The number of hydrogen-bond acceptors (Lipinski definition) is 5. The Bertz CT molecular complexity index is 842. The van der Waals surface area contributed by atoms with Crippen LogP contribution < -0.4 is 9.64 Å². The maximum Gasteiger partial charge on any atom is 0.344 e. The summed E-state index contributed by atoms with van der Waals surface area (Å²) >= 11 is 0. The lowest BCUT2D eigenvalue weighted by atomic mass is 10.2. The lowest BCUT2D eigenvalue weighted by molar-refractivity contribution is 0.0730. The molecule has 2 rings (SSSR count). The van der Waals surface area contributed by atoms with E-state index in [0.29, 0.717) is 5.75 Å². The molecule has 0 unspecified atom stereocenters. The van der Waals surface area contributed by atoms with Gasteiger partial charge in [-0.1, -0.05) is 53.7 Å². The van der Waals surface area contributed by atoms with Crippen molar-refractivity contribution in [3.8, 4) is 5.75 Å². The Morgan fingerprint density at radius 2 is 1.40 bits per heavy atom. The fraction of sp³-hybridized carbons (Fsp3) is 0.435. The average molecular weight is 438 g/mol. The third kappa shape index (κ3) is 8.55. The number of benzene rings is 2. The first kappa shape index (κ1) is 27.6. The molecule has 0 fully saturated rings. The summed E-state index contributed by atoms with van der Waals surface area (Å²) in [5, 5.41) is 0. The molecule has 168 valence electrons. The van der Waals surface area contributed by atoms with Gasteiger partial charge in [-0.2, -0.15) is 8.42 Å². The minimum atomic E-state index is -4.51. The molecule has 0 heterocycles. The molecule has 2 aromatic rings. The molecule has 0 bridgehead atoms. The van der Waals surface area contributed by atoms with E-state index in [1.807, 2.05) is 39.8 Å². The van der Waals surface area contributed by atoms with E-state index in [-0.39, 0.29) is 5.56 Å². The summed E-state index contributed by atoms with van der Waals surface area (Å²) in [6.45, 7) is 14.1. The van der Waals surface area contributed by atoms with Crippen molar-refractivity contribution in [2.24, 2.45) is 0 Å². The van der Waals surface area contributed by atoms with Crippen LogP contribution in [0.1, 0.15) is 64.7 Å². The number of rotatable bonds is 8. The summed E-state index contributed by atoms with van der Waals surface area (Å²) in [5.41, 5.74) is 0.824. The topological polar surface area (TPSA) is 83.9 Å². The smallest absolute Gasteiger partial charge is 0.344 e. The molecule has 6 nitrogen and oxygen atoms in total. The molecule has 0 atom stereocenters. The van der Waals surface area contributed by atoms with E-state index in [2.05, 4.69) is 18.7 Å². The lowest BCUT2D eigenvalue weighted by Gasteiger charge is -2.23. The van der Waals surface area contributed by atoms with Crippen LogP contribution in [0.5, 0.6) is 5.75 Å². The van der Waals surface area contributed by atoms with Gasteiger partial charge in [0, 0.05) is 18.8 Å². The normalized spacial score (nSPS) is 10.1. The highest BCUT2D eigenvalue weighted by Gasteiger charge is 2.21. The molecule has 0 aliphatic heterocycles. The van der Waals surface area contributed by atoms with E-state index in [1.54, 1.807) is 12.1 Å². The molecule has 0 aromatic heterocycles. The van der Waals surface area contributed by atoms with E-state index in [9.17, 15) is 17.8 Å². The summed E-state index contributed by atoms with van der Waals surface area (Å²) in [7, 11) is -4.51. The van der Waals surface area contributed by atoms with Crippen molar-refractivity contribution in [1.29, 1.82) is 0 Å². The monoisotopic (exact) mass is 437 g/mol. The first-order valence-electron chi connectivity index (χ1n) is 10.5. The molecule has 2 aromatic carbocycles. The molecule has 1 N–H and O–H groups in total. The highest BCUT2D eigenvalue weighted by atomic mass is 32.2. The van der Waals surface area contributed by atoms with Crippen molar-refractivity contribution in [2.45, 2.75) is 59.3 Å². The number of nitrogens with zero attached hydrogens (tertiary/aromatic N) is 1. The van der Waals surface area contributed by atoms with E-state index < -0.39 is 21.0 Å². The molecule has 0 aliphatic rings. The largest absolute Gasteiger partial charge is 0.423 e. The fourth-order valence-electron chi connectivity index (χ4n) is 2.66. The molecular weight excluding hydrogens is 402 g/mol. The van der Waals surface area contributed by atoms with Crippen LogP contribution in [0.15, 0.2) is 53.4 Å². The van der Waals surface area contributed by atoms with E-state index >= 15 is 0 Å². The van der Waals surface area contributed by atoms with E-state index in [4.69, 9.17) is 4.74 Å². The van der Waals surface area contributed by atoms with Crippen LogP contribution in [-0.4, -0.2) is 32.0 Å². The SMILES string of the molecule is CC.CC.CCCN(CCC)c1ccc(OC(=O)c2ccccc2S(=O)(=O)O)cc1. The zero-order valence-corrected chi connectivity index (χ0v) is 19.7. The third-order valence-corrected chi connectivity index (χ3v) is 4.70. The van der Waals surface area contributed by atoms with Crippen LogP contribution in [0.25, 0.3) is 0 Å². The van der Waals surface area contributed by atoms with Crippen molar-refractivity contribution in [3.63, 3.8) is 0 Å². The molecule has 0 spiro atoms. The van der Waals surface area contributed by atoms with Crippen molar-refractivity contribution in [2.75, 3.05) is 18.0 Å². The molecule has 0 radical (unpaired) electrons. The van der Waals surface area contributed by atoms with Gasteiger partial charge in [-0.15, -0.1) is 0 Å². The van der Waals surface area contributed by atoms with Crippen molar-refractivity contribution < 1.29 is 22.5 Å². The summed E-state index contributed by atoms with van der Waals surface area (Å²) in [6.07, 6.45) is 2.06. The van der Waals surface area contributed by atoms with Crippen LogP contribution in [0.4, 0.5) is 5.69 Å². The number of ether oxygens (including phenoxy) is 1. The van der Waals surface area contributed by atoms with Crippen LogP contribution >= 0.6 is 0 Å². The molecule has 0 aliphatic carbocycles. The molecule has 0 saturated heterocycles. The number of carbonyl (C=O) groups is 1. The third-order valence-electron chi connectivity index (χ3n) is 3.78. The maximum absolute atomic E-state index is 12.3. The van der Waals surface area contributed by atoms with Gasteiger partial charge >= 0.3 is 5.97 Å². The van der Waals surface area contributed by atoms with Gasteiger partial charge < -0.3 is 9.64 Å². The summed E-state index contributed by atoms with van der Waals surface area (Å²) in [5.74, 6) is -0.540. The highest BCUT2D eigenvalue weighted by molar-refractivity contribution is 7.86. The van der Waals surface area contributed by atoms with Crippen LogP contribution in [0.2, 0.25) is 0 Å². The van der Waals surface area contributed by atoms with Gasteiger partial charge in [0.05, 0.1) is 5.56 Å². The van der Waals surface area contributed by atoms with Crippen LogP contribution in [0, 0.1) is 0 Å². The Hall–Kier alpha value is -2.38. The lowest BCUT2D eigenvalue weighted by Crippen LogP contribution is -2.24. The predicted molar refractivity (Wildman–Crippen MR) is 123 cm³/mol. The van der Waals surface area contributed by atoms with Gasteiger partial charge in [-0.05, 0) is 49.2 Å². The Morgan fingerprint density at radius 3 is 1.87 bits per heavy atom. The highest BCUT2D eigenvalue weighted by Crippen LogP contribution is 2.22. The number of anilines is 1. The number of esters is 1. The standard InChI is InChI=1S/C19H23NO5S.2C2H6/c1-3-13-20(14-4-2)15-9-11-16(12-10-15)25-19(21)17-7-5-6-8-18(17)26(22,23)24;2*1-2/h5-12H,3-4,13-14H2,1-2H3,(H,22,23,24);2*1-2H3. The van der Waals surface area contributed by atoms with Crippen LogP contribution in [0.3, 0.4) is 0 Å². The summed E-state index contributed by atoms with van der Waals surface area (Å²) in [4.78, 5) is 14.1. The van der Waals surface area contributed by atoms with Gasteiger partial charge in [-0.3, -0.25) is 4.55 Å². The Morgan fingerprint density at radius 1 is 0.900 bits per heavy atom. The molecule has 7 heteroatoms. The Labute approximate surface area is 181 Å². The zero-order valence-electron chi connectivity index (χ0n) is 18.9. The van der Waals surface area contributed by atoms with E-state index in [0.717, 1.165) is 37.7 Å². The maximum atomic E-state index is 12.3. The van der Waals surface area contributed by atoms with Crippen molar-refractivity contribution >= 4 is 21.8 Å². The van der Waals surface area contributed by atoms with Gasteiger partial charge in [0.25, 0.3) is 10.1 Å². The minimum Gasteiger partial charge on any atom is -0.423 e. The van der Waals surface area contributed by atoms with Crippen molar-refractivity contribution in [3.05, 3.63) is 54.1 Å². The number of hydrogen-bond donors (Lipinski definition) is 1. The Kier molecular flexibility index (Phi) is 13.4. The van der Waals surface area contributed by atoms with Gasteiger partial charge in [0.1, 0.15) is 10.6 Å². The molecular formula is C23H35NO5S. The quantitative estimate of drug-likeness (QED) is 0.318. The average Bonchev–Trinajstić information content (AvgIpc) is 2.76. The second-order valence-corrected chi connectivity index (χ2v) is 7.23. The minimum absolute atomic E-state index is 0.210. The zero-order chi connectivity index (χ0) is 23.2. The fourth-order valence-corrected chi connectivity index (χ4v) is 3.34. The van der Waals surface area contributed by atoms with Gasteiger partial charge in [0.2, 0.25) is 0 Å². The van der Waals surface area contributed by atoms with Gasteiger partial charge in [-0.25, -0.2) is 4.79 Å². The molecule has 0 amide bonds. The molecule has 30 heavy (non-hydrogen) atoms. The first-order chi connectivity index (χ1) is 14.4. The van der Waals surface area contributed by atoms with Crippen molar-refractivity contribution in [1.82, 2.24) is 0 Å². The van der Waals surface area contributed by atoms with Gasteiger partial charge in [0.15, 0.2) is 0 Å². The summed E-state index contributed by atoms with van der Waals surface area (Å²) in [6, 6.07) is 12.4. The first-order valence-corrected chi connectivity index (χ1v) is 11.9. The van der Waals surface area contributed by atoms with E-state index in [1.165, 1.54) is 18.2 Å². The second kappa shape index (κ2) is 14.6. The Balaban J connectivity index is 0.00000198. The molecule has 0 saturated carbocycles. The second-order valence-electron chi connectivity index (χ2n) is 5.84. The summed E-state index contributed by atoms with van der Waals surface area (Å²) < 4.78 is 37.3. The number of carbonyl (C=O) groups excluding carboxylic acids is 1. The van der Waals surface area contributed by atoms with Crippen LogP contribution in [-0.2, 0) is 10.1 Å². The predicted octanol–water partition coefficient (Wildman–Crippen LogP) is 5.83.